The molecule has 1 heterocycles. The predicted molar refractivity (Wildman–Crippen MR) is 78.2 cm³/mol. The van der Waals surface area contributed by atoms with Gasteiger partial charge in [0.2, 0.25) is 5.89 Å². The van der Waals surface area contributed by atoms with Gasteiger partial charge in [-0.2, -0.15) is 16.7 Å². The van der Waals surface area contributed by atoms with E-state index in [1.54, 1.807) is 18.7 Å². The zero-order chi connectivity index (χ0) is 15.0. The fourth-order valence-electron chi connectivity index (χ4n) is 1.53. The Morgan fingerprint density at radius 3 is 2.90 bits per heavy atom. The van der Waals surface area contributed by atoms with Crippen molar-refractivity contribution in [2.75, 3.05) is 12.4 Å². The molecule has 1 aromatic rings. The average Bonchev–Trinajstić information content (AvgIpc) is 2.81. The van der Waals surface area contributed by atoms with E-state index in [0.29, 0.717) is 30.6 Å². The van der Waals surface area contributed by atoms with Crippen LogP contribution in [0.2, 0.25) is 0 Å². The predicted octanol–water partition coefficient (Wildman–Crippen LogP) is 1.78. The van der Waals surface area contributed by atoms with Gasteiger partial charge in [0, 0.05) is 6.42 Å². The molecule has 0 aliphatic carbocycles. The summed E-state index contributed by atoms with van der Waals surface area (Å²) in [6, 6.07) is -0.554. The molecule has 0 aliphatic heterocycles. The van der Waals surface area contributed by atoms with Crippen LogP contribution in [-0.2, 0) is 21.7 Å². The highest BCUT2D eigenvalue weighted by molar-refractivity contribution is 7.98. The molecule has 1 atom stereocenters. The van der Waals surface area contributed by atoms with Crippen molar-refractivity contribution >= 4 is 17.7 Å². The van der Waals surface area contributed by atoms with Crippen LogP contribution in [0.15, 0.2) is 4.52 Å². The summed E-state index contributed by atoms with van der Waals surface area (Å²) in [6.45, 7) is 6.35. The van der Waals surface area contributed by atoms with Gasteiger partial charge in [-0.05, 0) is 25.0 Å². The van der Waals surface area contributed by atoms with E-state index in [9.17, 15) is 4.79 Å². The molecule has 114 valence electrons. The van der Waals surface area contributed by atoms with Gasteiger partial charge in [-0.25, -0.2) is 0 Å². The Hall–Kier alpha value is -1.08. The minimum absolute atomic E-state index is 0.342. The first-order valence-corrected chi connectivity index (χ1v) is 7.99. The number of hydrogen-bond donors (Lipinski definition) is 1. The van der Waals surface area contributed by atoms with Crippen LogP contribution in [0.4, 0.5) is 0 Å². The SMILES string of the molecule is CCOC(=O)C(N)CCSCc1nc(CC(C)C)no1. The summed E-state index contributed by atoms with van der Waals surface area (Å²) in [6.07, 6.45) is 1.40. The molecule has 0 bridgehead atoms. The lowest BCUT2D eigenvalue weighted by molar-refractivity contribution is -0.144. The van der Waals surface area contributed by atoms with Crippen LogP contribution >= 0.6 is 11.8 Å². The second kappa shape index (κ2) is 8.97. The van der Waals surface area contributed by atoms with E-state index in [1.807, 2.05) is 0 Å². The lowest BCUT2D eigenvalue weighted by atomic mass is 10.1. The summed E-state index contributed by atoms with van der Waals surface area (Å²) in [7, 11) is 0. The monoisotopic (exact) mass is 301 g/mol. The number of aromatic nitrogens is 2. The van der Waals surface area contributed by atoms with Crippen LogP contribution in [0.5, 0.6) is 0 Å². The zero-order valence-electron chi connectivity index (χ0n) is 12.3. The highest BCUT2D eigenvalue weighted by Gasteiger charge is 2.14. The lowest BCUT2D eigenvalue weighted by Crippen LogP contribution is -2.32. The Bertz CT molecular complexity index is 409. The average molecular weight is 301 g/mol. The number of rotatable bonds is 9. The summed E-state index contributed by atoms with van der Waals surface area (Å²) >= 11 is 1.62. The number of ether oxygens (including phenoxy) is 1. The van der Waals surface area contributed by atoms with E-state index in [0.717, 1.165) is 18.0 Å². The van der Waals surface area contributed by atoms with Crippen LogP contribution in [0.3, 0.4) is 0 Å². The van der Waals surface area contributed by atoms with Crippen molar-refractivity contribution < 1.29 is 14.1 Å². The van der Waals surface area contributed by atoms with Crippen LogP contribution in [0, 0.1) is 5.92 Å². The molecule has 0 aliphatic rings. The molecule has 1 aromatic heterocycles. The number of carbonyl (C=O) groups excluding carboxylic acids is 1. The molecular weight excluding hydrogens is 278 g/mol. The highest BCUT2D eigenvalue weighted by Crippen LogP contribution is 2.13. The maximum Gasteiger partial charge on any atom is 0.322 e. The normalized spacial score (nSPS) is 12.7. The van der Waals surface area contributed by atoms with Crippen LogP contribution in [0.1, 0.15) is 38.9 Å². The van der Waals surface area contributed by atoms with Gasteiger partial charge in [-0.1, -0.05) is 19.0 Å². The summed E-state index contributed by atoms with van der Waals surface area (Å²) in [5, 5.41) is 3.92. The smallest absolute Gasteiger partial charge is 0.322 e. The van der Waals surface area contributed by atoms with E-state index >= 15 is 0 Å². The molecule has 20 heavy (non-hydrogen) atoms. The summed E-state index contributed by atoms with van der Waals surface area (Å²) < 4.78 is 10.00. The standard InChI is InChI=1S/C13H23N3O3S/c1-4-18-13(17)10(14)5-6-20-8-12-15-11(16-19-12)7-9(2)3/h9-10H,4-8,14H2,1-3H3. The molecule has 0 radical (unpaired) electrons. The second-order valence-electron chi connectivity index (χ2n) is 4.90. The third kappa shape index (κ3) is 6.38. The van der Waals surface area contributed by atoms with E-state index in [-0.39, 0.29) is 5.97 Å². The van der Waals surface area contributed by atoms with Crippen molar-refractivity contribution in [1.82, 2.24) is 10.1 Å². The molecule has 0 spiro atoms. The van der Waals surface area contributed by atoms with Gasteiger partial charge in [0.1, 0.15) is 6.04 Å². The Balaban J connectivity index is 2.21. The first-order chi connectivity index (χ1) is 9.52. The van der Waals surface area contributed by atoms with Gasteiger partial charge < -0.3 is 15.0 Å². The molecule has 6 nitrogen and oxygen atoms in total. The Labute approximate surface area is 123 Å². The van der Waals surface area contributed by atoms with E-state index in [2.05, 4.69) is 24.0 Å². The molecular formula is C13H23N3O3S. The Morgan fingerprint density at radius 1 is 1.50 bits per heavy atom. The van der Waals surface area contributed by atoms with E-state index < -0.39 is 6.04 Å². The van der Waals surface area contributed by atoms with Gasteiger partial charge in [0.15, 0.2) is 5.82 Å². The minimum Gasteiger partial charge on any atom is -0.465 e. The number of nitrogens with zero attached hydrogens (tertiary/aromatic N) is 2. The minimum atomic E-state index is -0.554. The number of hydrogen-bond acceptors (Lipinski definition) is 7. The Kier molecular flexibility index (Phi) is 7.61. The molecule has 1 rings (SSSR count). The van der Waals surface area contributed by atoms with Crippen molar-refractivity contribution in [2.45, 2.75) is 45.4 Å². The van der Waals surface area contributed by atoms with Gasteiger partial charge in [0.05, 0.1) is 12.4 Å². The number of thioether (sulfide) groups is 1. The molecule has 0 saturated heterocycles. The van der Waals surface area contributed by atoms with E-state index in [4.69, 9.17) is 15.0 Å². The van der Waals surface area contributed by atoms with Crippen LogP contribution < -0.4 is 5.73 Å². The van der Waals surface area contributed by atoms with Gasteiger partial charge in [0.25, 0.3) is 0 Å². The largest absolute Gasteiger partial charge is 0.465 e. The van der Waals surface area contributed by atoms with Crippen LogP contribution in [0.25, 0.3) is 0 Å². The van der Waals surface area contributed by atoms with Gasteiger partial charge in [-0.15, -0.1) is 0 Å². The Morgan fingerprint density at radius 2 is 2.25 bits per heavy atom. The third-order valence-electron chi connectivity index (χ3n) is 2.49. The number of carbonyl (C=O) groups is 1. The molecule has 7 heteroatoms. The van der Waals surface area contributed by atoms with Crippen molar-refractivity contribution in [1.29, 1.82) is 0 Å². The summed E-state index contributed by atoms with van der Waals surface area (Å²) in [5.41, 5.74) is 5.70. The number of nitrogens with two attached hydrogens (primary N) is 1. The summed E-state index contributed by atoms with van der Waals surface area (Å²) in [4.78, 5) is 15.6. The van der Waals surface area contributed by atoms with E-state index in [1.165, 1.54) is 0 Å². The van der Waals surface area contributed by atoms with Gasteiger partial charge in [-0.3, -0.25) is 4.79 Å². The highest BCUT2D eigenvalue weighted by atomic mass is 32.2. The van der Waals surface area contributed by atoms with Crippen molar-refractivity contribution in [3.8, 4) is 0 Å². The molecule has 2 N–H and O–H groups in total. The maximum absolute atomic E-state index is 11.3. The fourth-order valence-corrected chi connectivity index (χ4v) is 2.39. The second-order valence-corrected chi connectivity index (χ2v) is 6.01. The van der Waals surface area contributed by atoms with Crippen molar-refractivity contribution in [2.24, 2.45) is 11.7 Å². The van der Waals surface area contributed by atoms with Crippen molar-refractivity contribution in [3.05, 3.63) is 11.7 Å². The molecule has 0 fully saturated rings. The molecule has 0 aromatic carbocycles. The topological polar surface area (TPSA) is 91.2 Å². The van der Waals surface area contributed by atoms with Crippen molar-refractivity contribution in [3.63, 3.8) is 0 Å². The lowest BCUT2D eigenvalue weighted by Gasteiger charge is -2.09. The third-order valence-corrected chi connectivity index (χ3v) is 3.46. The number of esters is 1. The first-order valence-electron chi connectivity index (χ1n) is 6.84. The first kappa shape index (κ1) is 17.0. The van der Waals surface area contributed by atoms with Crippen LogP contribution in [-0.4, -0.2) is 34.5 Å². The maximum atomic E-state index is 11.3. The fraction of sp³-hybridized carbons (Fsp3) is 0.769. The molecule has 0 amide bonds. The zero-order valence-corrected chi connectivity index (χ0v) is 13.1. The molecule has 0 saturated carbocycles. The van der Waals surface area contributed by atoms with Gasteiger partial charge >= 0.3 is 5.97 Å². The quantitative estimate of drug-likeness (QED) is 0.549. The summed E-state index contributed by atoms with van der Waals surface area (Å²) in [5.74, 6) is 2.93. The molecule has 1 unspecified atom stereocenters.